The predicted octanol–water partition coefficient (Wildman–Crippen LogP) is 2.13. The van der Waals surface area contributed by atoms with E-state index in [4.69, 9.17) is 4.74 Å². The third-order valence-corrected chi connectivity index (χ3v) is 4.46. The van der Waals surface area contributed by atoms with E-state index in [1.165, 1.54) is 0 Å². The zero-order chi connectivity index (χ0) is 20.8. The average Bonchev–Trinajstić information content (AvgIpc) is 3.15. The summed E-state index contributed by atoms with van der Waals surface area (Å²) in [5.41, 5.74) is 0.704. The summed E-state index contributed by atoms with van der Waals surface area (Å²) in [7, 11) is 0. The first kappa shape index (κ1) is 20.3. The van der Waals surface area contributed by atoms with Crippen molar-refractivity contribution in [2.24, 2.45) is 5.92 Å². The summed E-state index contributed by atoms with van der Waals surface area (Å²) < 4.78 is 7.27. The van der Waals surface area contributed by atoms with Gasteiger partial charge in [0.25, 0.3) is 5.91 Å². The summed E-state index contributed by atoms with van der Waals surface area (Å²) >= 11 is 0. The van der Waals surface area contributed by atoms with Gasteiger partial charge in [-0.2, -0.15) is 0 Å². The lowest BCUT2D eigenvalue weighted by Gasteiger charge is -2.23. The van der Waals surface area contributed by atoms with Gasteiger partial charge in [-0.25, -0.2) is 0 Å². The van der Waals surface area contributed by atoms with Gasteiger partial charge in [-0.15, -0.1) is 10.2 Å². The molecule has 2 heterocycles. The molecule has 0 saturated heterocycles. The number of amides is 2. The number of hydrogen-bond donors (Lipinski definition) is 2. The Morgan fingerprint density at radius 2 is 1.72 bits per heavy atom. The van der Waals surface area contributed by atoms with E-state index in [1.807, 2.05) is 67.8 Å². The van der Waals surface area contributed by atoms with Crippen LogP contribution in [0.5, 0.6) is 5.75 Å². The maximum Gasteiger partial charge on any atom is 0.258 e. The number of nitrogens with one attached hydrogen (secondary N) is 2. The molecule has 29 heavy (non-hydrogen) atoms. The minimum Gasteiger partial charge on any atom is -0.484 e. The minimum atomic E-state index is -0.691. The zero-order valence-electron chi connectivity index (χ0n) is 16.7. The van der Waals surface area contributed by atoms with Crippen LogP contribution in [-0.4, -0.2) is 39.1 Å². The maximum atomic E-state index is 12.8. The Bertz CT molecular complexity index is 971. The molecule has 8 heteroatoms. The van der Waals surface area contributed by atoms with Gasteiger partial charge in [0.05, 0.1) is 6.04 Å². The number of para-hydroxylation sites is 1. The van der Waals surface area contributed by atoms with Gasteiger partial charge in [-0.3, -0.25) is 14.0 Å². The van der Waals surface area contributed by atoms with Crippen LogP contribution in [0, 0.1) is 5.92 Å². The molecule has 0 saturated carbocycles. The molecule has 3 aromatic rings. The van der Waals surface area contributed by atoms with E-state index in [2.05, 4.69) is 20.8 Å². The van der Waals surface area contributed by atoms with Gasteiger partial charge in [0.15, 0.2) is 18.1 Å². The Morgan fingerprint density at radius 3 is 2.45 bits per heavy atom. The number of hydrogen-bond acceptors (Lipinski definition) is 5. The van der Waals surface area contributed by atoms with Crippen LogP contribution in [0.1, 0.15) is 32.6 Å². The van der Waals surface area contributed by atoms with E-state index < -0.39 is 6.04 Å². The molecule has 2 atom stereocenters. The normalized spacial score (nSPS) is 13.1. The topological polar surface area (TPSA) is 97.6 Å². The second-order valence-electron chi connectivity index (χ2n) is 7.11. The summed E-state index contributed by atoms with van der Waals surface area (Å²) in [6, 6.07) is 13.6. The van der Waals surface area contributed by atoms with Crippen LogP contribution in [0.2, 0.25) is 0 Å². The van der Waals surface area contributed by atoms with Crippen LogP contribution < -0.4 is 15.4 Å². The number of carbonyl (C=O) groups excluding carboxylic acids is 2. The monoisotopic (exact) mass is 395 g/mol. The molecule has 0 aliphatic carbocycles. The van der Waals surface area contributed by atoms with Crippen molar-refractivity contribution in [1.29, 1.82) is 0 Å². The first-order chi connectivity index (χ1) is 14.0. The number of nitrogens with zero attached hydrogens (tertiary/aromatic N) is 3. The highest BCUT2D eigenvalue weighted by Gasteiger charge is 2.26. The van der Waals surface area contributed by atoms with Gasteiger partial charge < -0.3 is 15.4 Å². The molecule has 0 aliphatic rings. The van der Waals surface area contributed by atoms with Crippen molar-refractivity contribution in [1.82, 2.24) is 25.2 Å². The number of rotatable bonds is 8. The molecule has 152 valence electrons. The highest BCUT2D eigenvalue weighted by atomic mass is 16.5. The van der Waals surface area contributed by atoms with E-state index in [1.54, 1.807) is 12.1 Å². The number of aromatic nitrogens is 3. The van der Waals surface area contributed by atoms with Gasteiger partial charge in [-0.05, 0) is 37.1 Å². The fourth-order valence-corrected chi connectivity index (χ4v) is 2.94. The van der Waals surface area contributed by atoms with E-state index in [0.717, 1.165) is 0 Å². The molecular weight excluding hydrogens is 370 g/mol. The lowest BCUT2D eigenvalue weighted by molar-refractivity contribution is -0.131. The van der Waals surface area contributed by atoms with Crippen LogP contribution in [0.3, 0.4) is 0 Å². The summed E-state index contributed by atoms with van der Waals surface area (Å²) in [4.78, 5) is 25.1. The van der Waals surface area contributed by atoms with Gasteiger partial charge in [-0.1, -0.05) is 38.1 Å². The third kappa shape index (κ3) is 5.10. The van der Waals surface area contributed by atoms with Crippen LogP contribution in [0.15, 0.2) is 54.7 Å². The van der Waals surface area contributed by atoms with E-state index in [9.17, 15) is 9.59 Å². The molecule has 2 aromatic heterocycles. The second kappa shape index (κ2) is 9.18. The van der Waals surface area contributed by atoms with Crippen LogP contribution in [0.4, 0.5) is 0 Å². The highest BCUT2D eigenvalue weighted by molar-refractivity contribution is 5.88. The fraction of sp³-hybridized carbons (Fsp3) is 0.333. The molecule has 0 fully saturated rings. The number of fused-ring (bicyclic) bond motifs is 1. The van der Waals surface area contributed by atoms with Crippen molar-refractivity contribution in [2.45, 2.75) is 32.9 Å². The number of carbonyl (C=O) groups is 2. The largest absolute Gasteiger partial charge is 0.484 e. The average molecular weight is 395 g/mol. The first-order valence-corrected chi connectivity index (χ1v) is 9.53. The Kier molecular flexibility index (Phi) is 6.43. The van der Waals surface area contributed by atoms with Crippen LogP contribution >= 0.6 is 0 Å². The summed E-state index contributed by atoms with van der Waals surface area (Å²) in [5.74, 6) is 0.477. The molecule has 0 aliphatic heterocycles. The summed E-state index contributed by atoms with van der Waals surface area (Å²) in [5, 5.41) is 13.9. The van der Waals surface area contributed by atoms with Gasteiger partial charge in [0, 0.05) is 6.20 Å². The first-order valence-electron chi connectivity index (χ1n) is 9.53. The highest BCUT2D eigenvalue weighted by Crippen LogP contribution is 2.13. The van der Waals surface area contributed by atoms with Gasteiger partial charge in [0.1, 0.15) is 11.8 Å². The third-order valence-electron chi connectivity index (χ3n) is 4.46. The Hall–Kier alpha value is -3.42. The zero-order valence-corrected chi connectivity index (χ0v) is 16.7. The maximum absolute atomic E-state index is 12.8. The Labute approximate surface area is 169 Å². The lowest BCUT2D eigenvalue weighted by Crippen LogP contribution is -2.51. The molecule has 0 radical (unpaired) electrons. The molecule has 2 unspecified atom stereocenters. The lowest BCUT2D eigenvalue weighted by atomic mass is 10.0. The van der Waals surface area contributed by atoms with Gasteiger partial charge in [0.2, 0.25) is 5.91 Å². The quantitative estimate of drug-likeness (QED) is 0.609. The number of ether oxygens (including phenoxy) is 1. The van der Waals surface area contributed by atoms with E-state index in [-0.39, 0.29) is 30.4 Å². The van der Waals surface area contributed by atoms with Crippen molar-refractivity contribution in [2.75, 3.05) is 6.61 Å². The summed E-state index contributed by atoms with van der Waals surface area (Å²) in [6.45, 7) is 5.42. The van der Waals surface area contributed by atoms with Crippen LogP contribution in [0.25, 0.3) is 5.65 Å². The standard InChI is InChI=1S/C21H25N5O3/c1-14(2)19(23-18(27)13-29-16-9-5-4-6-10-16)21(28)22-15(3)20-25-24-17-11-7-8-12-26(17)20/h4-12,14-15,19H,13H2,1-3H3,(H,22,28)(H,23,27). The van der Waals surface area contributed by atoms with E-state index >= 15 is 0 Å². The molecule has 3 rings (SSSR count). The molecule has 2 amide bonds. The van der Waals surface area contributed by atoms with Crippen LogP contribution in [-0.2, 0) is 9.59 Å². The molecule has 1 aromatic carbocycles. The van der Waals surface area contributed by atoms with Crippen molar-refractivity contribution in [3.05, 3.63) is 60.6 Å². The van der Waals surface area contributed by atoms with Crippen molar-refractivity contribution in [3.63, 3.8) is 0 Å². The number of pyridine rings is 1. The molecule has 8 nitrogen and oxygen atoms in total. The van der Waals surface area contributed by atoms with Gasteiger partial charge >= 0.3 is 0 Å². The van der Waals surface area contributed by atoms with Crippen molar-refractivity contribution < 1.29 is 14.3 Å². The smallest absolute Gasteiger partial charge is 0.258 e. The second-order valence-corrected chi connectivity index (χ2v) is 7.11. The number of benzene rings is 1. The molecule has 2 N–H and O–H groups in total. The Morgan fingerprint density at radius 1 is 1.00 bits per heavy atom. The Balaban J connectivity index is 1.60. The molecular formula is C21H25N5O3. The molecule has 0 spiro atoms. The summed E-state index contributed by atoms with van der Waals surface area (Å²) in [6.07, 6.45) is 1.84. The fourth-order valence-electron chi connectivity index (χ4n) is 2.94. The van der Waals surface area contributed by atoms with E-state index in [0.29, 0.717) is 17.2 Å². The van der Waals surface area contributed by atoms with Crippen molar-refractivity contribution >= 4 is 17.5 Å². The van der Waals surface area contributed by atoms with Crippen molar-refractivity contribution in [3.8, 4) is 5.75 Å². The predicted molar refractivity (Wildman–Crippen MR) is 108 cm³/mol. The minimum absolute atomic E-state index is 0.0991. The SMILES string of the molecule is CC(NC(=O)C(NC(=O)COc1ccccc1)C(C)C)c1nnc2ccccn12. The molecule has 0 bridgehead atoms.